The Balaban J connectivity index is 2.33. The Hall–Kier alpha value is -2.50. The highest BCUT2D eigenvalue weighted by atomic mass is 19.2. The van der Waals surface area contributed by atoms with Crippen molar-refractivity contribution in [2.24, 2.45) is 0 Å². The number of benzene rings is 2. The SMILES string of the molecule is Cc1ccc(N)c(C(=O)Nc2ccc(F)c(F)c2F)c1. The maximum Gasteiger partial charge on any atom is 0.257 e. The zero-order chi connectivity index (χ0) is 14.9. The van der Waals surface area contributed by atoms with Gasteiger partial charge in [-0.2, -0.15) is 0 Å². The molecule has 0 unspecified atom stereocenters. The summed E-state index contributed by atoms with van der Waals surface area (Å²) in [5, 5.41) is 2.16. The maximum atomic E-state index is 13.5. The second-order valence-corrected chi connectivity index (χ2v) is 4.27. The van der Waals surface area contributed by atoms with Crippen molar-refractivity contribution in [2.45, 2.75) is 6.92 Å². The lowest BCUT2D eigenvalue weighted by molar-refractivity contribution is 0.102. The molecule has 0 fully saturated rings. The highest BCUT2D eigenvalue weighted by molar-refractivity contribution is 6.07. The molecule has 104 valence electrons. The van der Waals surface area contributed by atoms with Gasteiger partial charge in [-0.15, -0.1) is 0 Å². The van der Waals surface area contributed by atoms with Crippen LogP contribution in [0.3, 0.4) is 0 Å². The van der Waals surface area contributed by atoms with Gasteiger partial charge in [-0.1, -0.05) is 11.6 Å². The molecule has 0 bridgehead atoms. The lowest BCUT2D eigenvalue weighted by Crippen LogP contribution is -2.15. The molecule has 0 heterocycles. The fourth-order valence-electron chi connectivity index (χ4n) is 1.68. The van der Waals surface area contributed by atoms with Gasteiger partial charge in [0.1, 0.15) is 0 Å². The monoisotopic (exact) mass is 280 g/mol. The second-order valence-electron chi connectivity index (χ2n) is 4.27. The molecule has 0 aliphatic rings. The molecule has 0 aliphatic carbocycles. The standard InChI is InChI=1S/C14H11F3N2O/c1-7-2-4-10(18)8(6-7)14(20)19-11-5-3-9(15)12(16)13(11)17/h2-6H,18H2,1H3,(H,19,20). The molecule has 0 saturated heterocycles. The van der Waals surface area contributed by atoms with Crippen molar-refractivity contribution >= 4 is 17.3 Å². The molecule has 3 N–H and O–H groups in total. The molecule has 0 saturated carbocycles. The van der Waals surface area contributed by atoms with E-state index >= 15 is 0 Å². The minimum Gasteiger partial charge on any atom is -0.398 e. The van der Waals surface area contributed by atoms with Gasteiger partial charge in [-0.05, 0) is 31.2 Å². The Morgan fingerprint density at radius 3 is 2.50 bits per heavy atom. The van der Waals surface area contributed by atoms with Gasteiger partial charge in [0.05, 0.1) is 11.3 Å². The summed E-state index contributed by atoms with van der Waals surface area (Å²) in [7, 11) is 0. The van der Waals surface area contributed by atoms with Gasteiger partial charge >= 0.3 is 0 Å². The Bertz CT molecular complexity index is 686. The molecule has 0 spiro atoms. The van der Waals surface area contributed by atoms with Crippen molar-refractivity contribution in [3.05, 3.63) is 58.9 Å². The highest BCUT2D eigenvalue weighted by Crippen LogP contribution is 2.21. The third kappa shape index (κ3) is 2.59. The van der Waals surface area contributed by atoms with Crippen molar-refractivity contribution in [1.29, 1.82) is 0 Å². The van der Waals surface area contributed by atoms with E-state index in [9.17, 15) is 18.0 Å². The van der Waals surface area contributed by atoms with Crippen LogP contribution in [0.4, 0.5) is 24.5 Å². The molecule has 0 aromatic heterocycles. The quantitative estimate of drug-likeness (QED) is 0.655. The molecule has 0 radical (unpaired) electrons. The lowest BCUT2D eigenvalue weighted by atomic mass is 10.1. The van der Waals surface area contributed by atoms with Crippen LogP contribution >= 0.6 is 0 Å². The van der Waals surface area contributed by atoms with Crippen LogP contribution in [0, 0.1) is 24.4 Å². The first-order chi connectivity index (χ1) is 9.40. The largest absolute Gasteiger partial charge is 0.398 e. The first kappa shape index (κ1) is 13.9. The van der Waals surface area contributed by atoms with E-state index in [0.717, 1.165) is 17.7 Å². The first-order valence-electron chi connectivity index (χ1n) is 5.71. The first-order valence-corrected chi connectivity index (χ1v) is 5.71. The van der Waals surface area contributed by atoms with Gasteiger partial charge in [0.15, 0.2) is 17.5 Å². The molecule has 2 rings (SSSR count). The summed E-state index contributed by atoms with van der Waals surface area (Å²) in [5.41, 5.74) is 6.32. The second kappa shape index (κ2) is 5.24. The number of aryl methyl sites for hydroxylation is 1. The molecule has 2 aromatic carbocycles. The summed E-state index contributed by atoms with van der Waals surface area (Å²) >= 11 is 0. The summed E-state index contributed by atoms with van der Waals surface area (Å²) in [6, 6.07) is 6.43. The average molecular weight is 280 g/mol. The number of amides is 1. The van der Waals surface area contributed by atoms with Gasteiger partial charge in [0.2, 0.25) is 0 Å². The van der Waals surface area contributed by atoms with Crippen molar-refractivity contribution in [3.63, 3.8) is 0 Å². The molecule has 20 heavy (non-hydrogen) atoms. The summed E-state index contributed by atoms with van der Waals surface area (Å²) in [5.74, 6) is -5.11. The van der Waals surface area contributed by atoms with E-state index in [1.807, 2.05) is 0 Å². The van der Waals surface area contributed by atoms with E-state index in [-0.39, 0.29) is 11.3 Å². The van der Waals surface area contributed by atoms with Crippen molar-refractivity contribution in [3.8, 4) is 0 Å². The van der Waals surface area contributed by atoms with E-state index in [1.54, 1.807) is 13.0 Å². The number of nitrogens with two attached hydrogens (primary N) is 1. The summed E-state index contributed by atoms with van der Waals surface area (Å²) in [6.07, 6.45) is 0. The number of hydrogen-bond donors (Lipinski definition) is 2. The average Bonchev–Trinajstić information content (AvgIpc) is 2.42. The number of anilines is 2. The van der Waals surface area contributed by atoms with Crippen molar-refractivity contribution < 1.29 is 18.0 Å². The molecule has 6 heteroatoms. The molecule has 0 atom stereocenters. The van der Waals surface area contributed by atoms with Gasteiger partial charge in [-0.25, -0.2) is 13.2 Å². The molecule has 1 amide bonds. The number of rotatable bonds is 2. The third-order valence-electron chi connectivity index (χ3n) is 2.74. The van der Waals surface area contributed by atoms with Crippen LogP contribution in [0.15, 0.2) is 30.3 Å². The summed E-state index contributed by atoms with van der Waals surface area (Å²) in [4.78, 5) is 12.0. The summed E-state index contributed by atoms with van der Waals surface area (Å²) in [6.45, 7) is 1.76. The Morgan fingerprint density at radius 1 is 1.10 bits per heavy atom. The number of hydrogen-bond acceptors (Lipinski definition) is 2. The maximum absolute atomic E-state index is 13.5. The van der Waals surface area contributed by atoms with E-state index in [0.29, 0.717) is 0 Å². The van der Waals surface area contributed by atoms with Crippen LogP contribution in [-0.2, 0) is 0 Å². The van der Waals surface area contributed by atoms with E-state index < -0.39 is 29.0 Å². The predicted molar refractivity (Wildman–Crippen MR) is 69.9 cm³/mol. The smallest absolute Gasteiger partial charge is 0.257 e. The minimum atomic E-state index is -1.64. The fraction of sp³-hybridized carbons (Fsp3) is 0.0714. The highest BCUT2D eigenvalue weighted by Gasteiger charge is 2.17. The van der Waals surface area contributed by atoms with Crippen LogP contribution < -0.4 is 11.1 Å². The normalized spacial score (nSPS) is 10.4. The fourth-order valence-corrected chi connectivity index (χ4v) is 1.68. The topological polar surface area (TPSA) is 55.1 Å². The molecule has 0 aliphatic heterocycles. The van der Waals surface area contributed by atoms with E-state index in [1.165, 1.54) is 12.1 Å². The Labute approximate surface area is 113 Å². The minimum absolute atomic E-state index is 0.133. The van der Waals surface area contributed by atoms with Crippen LogP contribution in [0.5, 0.6) is 0 Å². The van der Waals surface area contributed by atoms with Crippen molar-refractivity contribution in [1.82, 2.24) is 0 Å². The van der Waals surface area contributed by atoms with Gasteiger partial charge in [0.25, 0.3) is 5.91 Å². The Morgan fingerprint density at radius 2 is 1.80 bits per heavy atom. The zero-order valence-corrected chi connectivity index (χ0v) is 10.5. The van der Waals surface area contributed by atoms with Crippen LogP contribution in [0.1, 0.15) is 15.9 Å². The summed E-state index contributed by atoms with van der Waals surface area (Å²) < 4.78 is 39.3. The van der Waals surface area contributed by atoms with Crippen LogP contribution in [0.2, 0.25) is 0 Å². The zero-order valence-electron chi connectivity index (χ0n) is 10.5. The van der Waals surface area contributed by atoms with Gasteiger partial charge < -0.3 is 11.1 Å². The molecular weight excluding hydrogens is 269 g/mol. The number of nitrogens with one attached hydrogen (secondary N) is 1. The number of carbonyl (C=O) groups excluding carboxylic acids is 1. The third-order valence-corrected chi connectivity index (χ3v) is 2.74. The molecular formula is C14H11F3N2O. The van der Waals surface area contributed by atoms with Crippen molar-refractivity contribution in [2.75, 3.05) is 11.1 Å². The van der Waals surface area contributed by atoms with E-state index in [2.05, 4.69) is 5.32 Å². The van der Waals surface area contributed by atoms with Crippen LogP contribution in [0.25, 0.3) is 0 Å². The number of halogens is 3. The number of nitrogen functional groups attached to an aromatic ring is 1. The van der Waals surface area contributed by atoms with Gasteiger partial charge in [0, 0.05) is 5.69 Å². The van der Waals surface area contributed by atoms with E-state index in [4.69, 9.17) is 5.73 Å². The molecule has 3 nitrogen and oxygen atoms in total. The molecule has 2 aromatic rings. The van der Waals surface area contributed by atoms with Gasteiger partial charge in [-0.3, -0.25) is 4.79 Å². The van der Waals surface area contributed by atoms with Crippen LogP contribution in [-0.4, -0.2) is 5.91 Å². The number of carbonyl (C=O) groups is 1. The predicted octanol–water partition coefficient (Wildman–Crippen LogP) is 3.25. The Kier molecular flexibility index (Phi) is 3.65. The lowest BCUT2D eigenvalue weighted by Gasteiger charge is -2.09.